The average molecular weight is 212 g/mol. The van der Waals surface area contributed by atoms with Gasteiger partial charge < -0.3 is 4.74 Å². The van der Waals surface area contributed by atoms with E-state index < -0.39 is 0 Å². The van der Waals surface area contributed by atoms with Gasteiger partial charge >= 0.3 is 11.9 Å². The van der Waals surface area contributed by atoms with E-state index in [-0.39, 0.29) is 30.2 Å². The molecule has 3 nitrogen and oxygen atoms in total. The highest BCUT2D eigenvalue weighted by molar-refractivity contribution is 5.94. The molecule has 1 fully saturated rings. The van der Waals surface area contributed by atoms with E-state index in [1.165, 1.54) is 12.8 Å². The fourth-order valence-electron chi connectivity index (χ4n) is 2.08. The van der Waals surface area contributed by atoms with Crippen LogP contribution in [0.4, 0.5) is 0 Å². The molecule has 0 aromatic carbocycles. The standard InChI is InChI=1S/C12H20O3/c1-4-5-6-8(2)9(3)10-7-11(13)15-12(10)14/h8-10H,4-7H2,1-3H3. The summed E-state index contributed by atoms with van der Waals surface area (Å²) >= 11 is 0. The number of esters is 2. The summed E-state index contributed by atoms with van der Waals surface area (Å²) in [4.78, 5) is 22.3. The van der Waals surface area contributed by atoms with Crippen LogP contribution in [0.25, 0.3) is 0 Å². The fourth-order valence-corrected chi connectivity index (χ4v) is 2.08. The van der Waals surface area contributed by atoms with Crippen molar-refractivity contribution < 1.29 is 14.3 Å². The molecule has 1 aliphatic rings. The summed E-state index contributed by atoms with van der Waals surface area (Å²) in [5.74, 6) is -0.163. The summed E-state index contributed by atoms with van der Waals surface area (Å²) in [5, 5.41) is 0. The van der Waals surface area contributed by atoms with Crippen molar-refractivity contribution >= 4 is 11.9 Å². The summed E-state index contributed by atoms with van der Waals surface area (Å²) in [6.07, 6.45) is 3.75. The molecule has 1 rings (SSSR count). The molecule has 0 radical (unpaired) electrons. The summed E-state index contributed by atoms with van der Waals surface area (Å²) < 4.78 is 4.57. The third-order valence-corrected chi connectivity index (χ3v) is 3.45. The number of unbranched alkanes of at least 4 members (excludes halogenated alkanes) is 1. The number of carbonyl (C=O) groups excluding carboxylic acids is 2. The van der Waals surface area contributed by atoms with Gasteiger partial charge in [-0.3, -0.25) is 9.59 Å². The highest BCUT2D eigenvalue weighted by atomic mass is 16.6. The van der Waals surface area contributed by atoms with Gasteiger partial charge in [0.1, 0.15) is 0 Å². The van der Waals surface area contributed by atoms with Crippen LogP contribution in [0.3, 0.4) is 0 Å². The van der Waals surface area contributed by atoms with Crippen molar-refractivity contribution in [2.45, 2.75) is 46.5 Å². The Labute approximate surface area is 91.2 Å². The highest BCUT2D eigenvalue weighted by Crippen LogP contribution is 2.31. The van der Waals surface area contributed by atoms with Crippen LogP contribution in [-0.4, -0.2) is 11.9 Å². The topological polar surface area (TPSA) is 43.4 Å². The van der Waals surface area contributed by atoms with E-state index in [9.17, 15) is 9.59 Å². The van der Waals surface area contributed by atoms with Crippen molar-refractivity contribution in [2.24, 2.45) is 17.8 Å². The van der Waals surface area contributed by atoms with Crippen LogP contribution < -0.4 is 0 Å². The lowest BCUT2D eigenvalue weighted by Crippen LogP contribution is -2.22. The van der Waals surface area contributed by atoms with Crippen molar-refractivity contribution in [2.75, 3.05) is 0 Å². The molecule has 0 amide bonds. The van der Waals surface area contributed by atoms with Crippen molar-refractivity contribution in [1.82, 2.24) is 0 Å². The van der Waals surface area contributed by atoms with Crippen molar-refractivity contribution in [1.29, 1.82) is 0 Å². The number of ether oxygens (including phenoxy) is 1. The second-order valence-electron chi connectivity index (χ2n) is 4.58. The summed E-state index contributed by atoms with van der Waals surface area (Å²) in [7, 11) is 0. The molecule has 3 unspecified atom stereocenters. The van der Waals surface area contributed by atoms with Crippen LogP contribution in [0.1, 0.15) is 46.5 Å². The van der Waals surface area contributed by atoms with E-state index in [1.54, 1.807) is 0 Å². The van der Waals surface area contributed by atoms with Crippen molar-refractivity contribution in [3.05, 3.63) is 0 Å². The summed E-state index contributed by atoms with van der Waals surface area (Å²) in [6.45, 7) is 6.35. The fraction of sp³-hybridized carbons (Fsp3) is 0.833. The van der Waals surface area contributed by atoms with Gasteiger partial charge in [0.25, 0.3) is 0 Å². The van der Waals surface area contributed by atoms with Crippen LogP contribution in [0.2, 0.25) is 0 Å². The Balaban J connectivity index is 2.48. The highest BCUT2D eigenvalue weighted by Gasteiger charge is 2.38. The first-order chi connectivity index (χ1) is 7.06. The lowest BCUT2D eigenvalue weighted by molar-refractivity contribution is -0.153. The third-order valence-electron chi connectivity index (χ3n) is 3.45. The molecule has 0 saturated carbocycles. The minimum atomic E-state index is -0.362. The van der Waals surface area contributed by atoms with Gasteiger partial charge in [-0.15, -0.1) is 0 Å². The minimum absolute atomic E-state index is 0.204. The van der Waals surface area contributed by atoms with Gasteiger partial charge in [0.2, 0.25) is 0 Å². The molecule has 15 heavy (non-hydrogen) atoms. The van der Waals surface area contributed by atoms with Crippen molar-refractivity contribution in [3.8, 4) is 0 Å². The number of cyclic esters (lactones) is 2. The minimum Gasteiger partial charge on any atom is -0.393 e. The van der Waals surface area contributed by atoms with E-state index in [0.29, 0.717) is 5.92 Å². The van der Waals surface area contributed by atoms with Gasteiger partial charge in [-0.1, -0.05) is 40.0 Å². The Morgan fingerprint density at radius 1 is 1.40 bits per heavy atom. The monoisotopic (exact) mass is 212 g/mol. The zero-order valence-corrected chi connectivity index (χ0v) is 9.79. The predicted molar refractivity (Wildman–Crippen MR) is 57.1 cm³/mol. The van der Waals surface area contributed by atoms with Gasteiger partial charge in [-0.05, 0) is 11.8 Å². The van der Waals surface area contributed by atoms with Crippen LogP contribution >= 0.6 is 0 Å². The predicted octanol–water partition coefficient (Wildman–Crippen LogP) is 2.54. The maximum absolute atomic E-state index is 11.4. The number of carbonyl (C=O) groups is 2. The molecular weight excluding hydrogens is 192 g/mol. The lowest BCUT2D eigenvalue weighted by Gasteiger charge is -2.22. The molecule has 0 aromatic heterocycles. The van der Waals surface area contributed by atoms with E-state index in [1.807, 2.05) is 6.92 Å². The first-order valence-corrected chi connectivity index (χ1v) is 5.80. The smallest absolute Gasteiger partial charge is 0.317 e. The number of hydrogen-bond acceptors (Lipinski definition) is 3. The van der Waals surface area contributed by atoms with Crippen LogP contribution in [-0.2, 0) is 14.3 Å². The molecule has 3 atom stereocenters. The van der Waals surface area contributed by atoms with Crippen molar-refractivity contribution in [3.63, 3.8) is 0 Å². The first kappa shape index (κ1) is 12.2. The van der Waals surface area contributed by atoms with Gasteiger partial charge in [-0.25, -0.2) is 0 Å². The van der Waals surface area contributed by atoms with Crippen LogP contribution in [0.5, 0.6) is 0 Å². The molecule has 0 N–H and O–H groups in total. The number of hydrogen-bond donors (Lipinski definition) is 0. The molecule has 1 aliphatic heterocycles. The average Bonchev–Trinajstić information content (AvgIpc) is 2.53. The van der Waals surface area contributed by atoms with Gasteiger partial charge in [0.15, 0.2) is 0 Å². The normalized spacial score (nSPS) is 25.1. The molecule has 1 heterocycles. The molecule has 0 spiro atoms. The zero-order valence-electron chi connectivity index (χ0n) is 9.79. The largest absolute Gasteiger partial charge is 0.393 e. The molecule has 0 aliphatic carbocycles. The Hall–Kier alpha value is -0.860. The SMILES string of the molecule is CCCCC(C)C(C)C1CC(=O)OC1=O. The Kier molecular flexibility index (Phi) is 4.30. The van der Waals surface area contributed by atoms with E-state index >= 15 is 0 Å². The molecular formula is C12H20O3. The molecule has 3 heteroatoms. The van der Waals surface area contributed by atoms with E-state index in [4.69, 9.17) is 0 Å². The molecule has 1 saturated heterocycles. The number of rotatable bonds is 5. The van der Waals surface area contributed by atoms with E-state index in [0.717, 1.165) is 6.42 Å². The van der Waals surface area contributed by atoms with Gasteiger partial charge in [-0.2, -0.15) is 0 Å². The second-order valence-corrected chi connectivity index (χ2v) is 4.58. The van der Waals surface area contributed by atoms with Gasteiger partial charge in [0.05, 0.1) is 12.3 Å². The Bertz CT molecular complexity index is 247. The third kappa shape index (κ3) is 3.05. The first-order valence-electron chi connectivity index (χ1n) is 5.80. The maximum Gasteiger partial charge on any atom is 0.317 e. The summed E-state index contributed by atoms with van der Waals surface area (Å²) in [6, 6.07) is 0. The van der Waals surface area contributed by atoms with E-state index in [2.05, 4.69) is 18.6 Å². The van der Waals surface area contributed by atoms with Crippen LogP contribution in [0.15, 0.2) is 0 Å². The molecule has 0 bridgehead atoms. The van der Waals surface area contributed by atoms with Gasteiger partial charge in [0, 0.05) is 0 Å². The Morgan fingerprint density at radius 2 is 2.07 bits per heavy atom. The quantitative estimate of drug-likeness (QED) is 0.519. The maximum atomic E-state index is 11.4. The zero-order chi connectivity index (χ0) is 11.4. The molecule has 86 valence electrons. The Morgan fingerprint density at radius 3 is 2.53 bits per heavy atom. The molecule has 0 aromatic rings. The van der Waals surface area contributed by atoms with Crippen LogP contribution in [0, 0.1) is 17.8 Å². The summed E-state index contributed by atoms with van der Waals surface area (Å²) in [5.41, 5.74) is 0. The second kappa shape index (κ2) is 5.29. The lowest BCUT2D eigenvalue weighted by atomic mass is 9.81.